The minimum Gasteiger partial charge on any atom is -0.440 e. The molecule has 0 fully saturated rings. The van der Waals surface area contributed by atoms with Crippen LogP contribution in [0.2, 0.25) is 0 Å². The van der Waals surface area contributed by atoms with E-state index < -0.39 is 5.91 Å². The fraction of sp³-hybridized carbons (Fsp3) is 0.350. The van der Waals surface area contributed by atoms with Gasteiger partial charge in [-0.15, -0.1) is 0 Å². The first-order chi connectivity index (χ1) is 14.2. The summed E-state index contributed by atoms with van der Waals surface area (Å²) in [5.74, 6) is 0.130. The molecule has 0 aliphatic rings. The van der Waals surface area contributed by atoms with Crippen molar-refractivity contribution in [3.8, 4) is 11.3 Å². The average molecular weight is 408 g/mol. The standard InChI is InChI=1S/C20H24N8O2/c1-4-20(2,3)9-28-18-15(17(22)25-19(23)26-18)16(27-28)10-5-6-12-11(7-10)24-14(30-12)8-13(21)29/h5-7H,4,8-9H2,1-3H3,(H2,21,29)(H4,22,23,25,26). The first-order valence-electron chi connectivity index (χ1n) is 9.64. The Kier molecular flexibility index (Phi) is 4.56. The summed E-state index contributed by atoms with van der Waals surface area (Å²) in [7, 11) is 0. The lowest BCUT2D eigenvalue weighted by Crippen LogP contribution is -2.20. The van der Waals surface area contributed by atoms with Gasteiger partial charge in [0.2, 0.25) is 17.7 Å². The van der Waals surface area contributed by atoms with Gasteiger partial charge in [0.05, 0.1) is 5.39 Å². The van der Waals surface area contributed by atoms with Crippen LogP contribution in [0.1, 0.15) is 33.1 Å². The van der Waals surface area contributed by atoms with E-state index in [-0.39, 0.29) is 29.5 Å². The molecule has 6 N–H and O–H groups in total. The highest BCUT2D eigenvalue weighted by molar-refractivity contribution is 6.00. The second kappa shape index (κ2) is 6.97. The number of rotatable bonds is 6. The van der Waals surface area contributed by atoms with Crippen molar-refractivity contribution in [2.75, 3.05) is 11.5 Å². The molecule has 0 bridgehead atoms. The Bertz CT molecular complexity index is 1270. The predicted molar refractivity (Wildman–Crippen MR) is 114 cm³/mol. The molecule has 0 aliphatic heterocycles. The highest BCUT2D eigenvalue weighted by Gasteiger charge is 2.23. The maximum Gasteiger partial charge on any atom is 0.226 e. The molecule has 0 saturated heterocycles. The maximum absolute atomic E-state index is 11.2. The van der Waals surface area contributed by atoms with E-state index in [1.165, 1.54) is 0 Å². The molecular weight excluding hydrogens is 384 g/mol. The molecule has 0 aliphatic carbocycles. The Labute approximate surface area is 172 Å². The van der Waals surface area contributed by atoms with Gasteiger partial charge in [-0.3, -0.25) is 4.79 Å². The third-order valence-corrected chi connectivity index (χ3v) is 5.20. The van der Waals surface area contributed by atoms with Gasteiger partial charge in [-0.05, 0) is 30.0 Å². The van der Waals surface area contributed by atoms with Crippen molar-refractivity contribution in [1.29, 1.82) is 0 Å². The summed E-state index contributed by atoms with van der Waals surface area (Å²) >= 11 is 0. The number of primary amides is 1. The van der Waals surface area contributed by atoms with Gasteiger partial charge in [0.15, 0.2) is 11.2 Å². The number of amides is 1. The van der Waals surface area contributed by atoms with Gasteiger partial charge in [0, 0.05) is 12.1 Å². The first kappa shape index (κ1) is 19.6. The Morgan fingerprint density at radius 3 is 2.67 bits per heavy atom. The number of hydrogen-bond donors (Lipinski definition) is 3. The molecule has 156 valence electrons. The van der Waals surface area contributed by atoms with Crippen molar-refractivity contribution in [2.24, 2.45) is 11.1 Å². The van der Waals surface area contributed by atoms with Crippen molar-refractivity contribution >= 4 is 39.8 Å². The number of nitrogen functional groups attached to an aromatic ring is 2. The van der Waals surface area contributed by atoms with Gasteiger partial charge in [-0.2, -0.15) is 15.1 Å². The number of carbonyl (C=O) groups excluding carboxylic acids is 1. The molecule has 4 rings (SSSR count). The molecular formula is C20H24N8O2. The van der Waals surface area contributed by atoms with Crippen molar-refractivity contribution < 1.29 is 9.21 Å². The number of anilines is 2. The number of nitrogens with zero attached hydrogens (tertiary/aromatic N) is 5. The summed E-state index contributed by atoms with van der Waals surface area (Å²) in [5, 5.41) is 5.44. The van der Waals surface area contributed by atoms with E-state index in [4.69, 9.17) is 26.7 Å². The van der Waals surface area contributed by atoms with Gasteiger partial charge in [0.1, 0.15) is 23.4 Å². The van der Waals surface area contributed by atoms with Crippen molar-refractivity contribution in [2.45, 2.75) is 40.2 Å². The van der Waals surface area contributed by atoms with Crippen molar-refractivity contribution in [3.05, 3.63) is 24.1 Å². The van der Waals surface area contributed by atoms with Gasteiger partial charge in [-0.25, -0.2) is 9.67 Å². The lowest BCUT2D eigenvalue weighted by Gasteiger charge is -2.22. The zero-order valence-electron chi connectivity index (χ0n) is 17.1. The molecule has 3 aromatic heterocycles. The minimum absolute atomic E-state index is 0.00439. The molecule has 0 unspecified atom stereocenters. The largest absolute Gasteiger partial charge is 0.440 e. The zero-order chi connectivity index (χ0) is 21.6. The molecule has 0 spiro atoms. The second-order valence-corrected chi connectivity index (χ2v) is 8.12. The summed E-state index contributed by atoms with van der Waals surface area (Å²) in [6.07, 6.45) is 0.904. The minimum atomic E-state index is -0.507. The van der Waals surface area contributed by atoms with Crippen LogP contribution in [0, 0.1) is 5.41 Å². The number of hydrogen-bond acceptors (Lipinski definition) is 8. The molecule has 1 amide bonds. The zero-order valence-corrected chi connectivity index (χ0v) is 17.1. The van der Waals surface area contributed by atoms with Crippen LogP contribution in [0.25, 0.3) is 33.4 Å². The molecule has 3 heterocycles. The summed E-state index contributed by atoms with van der Waals surface area (Å²) in [4.78, 5) is 24.0. The average Bonchev–Trinajstić information content (AvgIpc) is 3.21. The highest BCUT2D eigenvalue weighted by Crippen LogP contribution is 2.34. The molecule has 10 nitrogen and oxygen atoms in total. The van der Waals surface area contributed by atoms with Crippen LogP contribution in [0.4, 0.5) is 11.8 Å². The third kappa shape index (κ3) is 3.51. The van der Waals surface area contributed by atoms with Crippen LogP contribution in [-0.2, 0) is 17.8 Å². The monoisotopic (exact) mass is 408 g/mol. The van der Waals surface area contributed by atoms with Gasteiger partial charge in [-0.1, -0.05) is 20.8 Å². The molecule has 30 heavy (non-hydrogen) atoms. The quantitative estimate of drug-likeness (QED) is 0.437. The molecule has 0 atom stereocenters. The fourth-order valence-corrected chi connectivity index (χ4v) is 3.29. The summed E-state index contributed by atoms with van der Waals surface area (Å²) < 4.78 is 7.41. The Morgan fingerprint density at radius 2 is 1.97 bits per heavy atom. The number of fused-ring (bicyclic) bond motifs is 2. The highest BCUT2D eigenvalue weighted by atomic mass is 16.3. The number of aromatic nitrogens is 5. The lowest BCUT2D eigenvalue weighted by molar-refractivity contribution is -0.117. The van der Waals surface area contributed by atoms with E-state index in [1.54, 1.807) is 6.07 Å². The summed E-state index contributed by atoms with van der Waals surface area (Å²) in [6.45, 7) is 7.10. The molecule has 0 saturated carbocycles. The fourth-order valence-electron chi connectivity index (χ4n) is 3.29. The molecule has 0 radical (unpaired) electrons. The number of benzene rings is 1. The maximum atomic E-state index is 11.2. The van der Waals surface area contributed by atoms with E-state index in [0.717, 1.165) is 12.0 Å². The molecule has 4 aromatic rings. The van der Waals surface area contributed by atoms with Crippen molar-refractivity contribution in [3.63, 3.8) is 0 Å². The van der Waals surface area contributed by atoms with E-state index >= 15 is 0 Å². The Balaban J connectivity index is 1.88. The second-order valence-electron chi connectivity index (χ2n) is 8.12. The van der Waals surface area contributed by atoms with Crippen molar-refractivity contribution in [1.82, 2.24) is 24.7 Å². The van der Waals surface area contributed by atoms with Gasteiger partial charge in [0.25, 0.3) is 0 Å². The Hall–Kier alpha value is -3.69. The van der Waals surface area contributed by atoms with Crippen LogP contribution in [0.5, 0.6) is 0 Å². The lowest BCUT2D eigenvalue weighted by atomic mass is 9.90. The number of oxazole rings is 1. The van der Waals surface area contributed by atoms with Gasteiger partial charge < -0.3 is 21.6 Å². The van der Waals surface area contributed by atoms with Gasteiger partial charge >= 0.3 is 0 Å². The van der Waals surface area contributed by atoms with E-state index in [9.17, 15) is 4.79 Å². The van der Waals surface area contributed by atoms with Crippen LogP contribution >= 0.6 is 0 Å². The van der Waals surface area contributed by atoms with E-state index in [2.05, 4.69) is 35.7 Å². The van der Waals surface area contributed by atoms with E-state index in [1.807, 2.05) is 16.8 Å². The van der Waals surface area contributed by atoms with Crippen LogP contribution in [0.3, 0.4) is 0 Å². The van der Waals surface area contributed by atoms with Crippen LogP contribution in [-0.4, -0.2) is 30.6 Å². The normalized spacial score (nSPS) is 12.1. The third-order valence-electron chi connectivity index (χ3n) is 5.20. The smallest absolute Gasteiger partial charge is 0.226 e. The summed E-state index contributed by atoms with van der Waals surface area (Å²) in [6, 6.07) is 5.46. The predicted octanol–water partition coefficient (Wildman–Crippen LogP) is 2.26. The SMILES string of the molecule is CCC(C)(C)Cn1nc(-c2ccc3oc(CC(N)=O)nc3c2)c2c(N)nc(N)nc21. The van der Waals surface area contributed by atoms with E-state index in [0.29, 0.717) is 34.4 Å². The summed E-state index contributed by atoms with van der Waals surface area (Å²) in [5.41, 5.74) is 20.4. The molecule has 1 aromatic carbocycles. The Morgan fingerprint density at radius 1 is 1.20 bits per heavy atom. The van der Waals surface area contributed by atoms with Crippen LogP contribution in [0.15, 0.2) is 22.6 Å². The molecule has 10 heteroatoms. The first-order valence-corrected chi connectivity index (χ1v) is 9.64. The number of nitrogens with two attached hydrogens (primary N) is 3. The topological polar surface area (TPSA) is 165 Å². The number of carbonyl (C=O) groups is 1. The van der Waals surface area contributed by atoms with Crippen LogP contribution < -0.4 is 17.2 Å².